The highest BCUT2D eigenvalue weighted by atomic mass is 32.2. The number of aromatic nitrogens is 2. The number of rotatable bonds is 4. The van der Waals surface area contributed by atoms with Crippen molar-refractivity contribution in [3.05, 3.63) is 94.5 Å². The predicted octanol–water partition coefficient (Wildman–Crippen LogP) is 4.40. The van der Waals surface area contributed by atoms with Crippen LogP contribution in [0.15, 0.2) is 77.9 Å². The molecule has 0 bridgehead atoms. The lowest BCUT2D eigenvalue weighted by Crippen LogP contribution is -2.23. The number of hydrogen-bond acceptors (Lipinski definition) is 3. The highest BCUT2D eigenvalue weighted by Crippen LogP contribution is 2.39. The van der Waals surface area contributed by atoms with E-state index in [-0.39, 0.29) is 27.8 Å². The molecule has 0 saturated heterocycles. The lowest BCUT2D eigenvalue weighted by atomic mass is 9.98. The van der Waals surface area contributed by atoms with E-state index >= 15 is 0 Å². The van der Waals surface area contributed by atoms with E-state index in [1.54, 1.807) is 30.3 Å². The predicted molar refractivity (Wildman–Crippen MR) is 112 cm³/mol. The maximum absolute atomic E-state index is 13.6. The number of hydrogen-bond donors (Lipinski definition) is 0. The molecular formula is C22H17F3N2O3S. The smallest absolute Gasteiger partial charge is 0.316 e. The Hall–Kier alpha value is -3.33. The second kappa shape index (κ2) is 7.42. The third kappa shape index (κ3) is 3.76. The molecule has 5 nitrogen and oxygen atoms in total. The van der Waals surface area contributed by atoms with Gasteiger partial charge in [-0.15, -0.1) is 0 Å². The van der Waals surface area contributed by atoms with Crippen LogP contribution in [-0.2, 0) is 29.0 Å². The number of nitrogens with zero attached hydrogens (tertiary/aromatic N) is 2. The average molecular weight is 446 g/mol. The first-order valence-electron chi connectivity index (χ1n) is 9.24. The zero-order valence-corrected chi connectivity index (χ0v) is 17.1. The van der Waals surface area contributed by atoms with Gasteiger partial charge >= 0.3 is 6.18 Å². The molecule has 0 atom stereocenters. The Morgan fingerprint density at radius 2 is 1.55 bits per heavy atom. The van der Waals surface area contributed by atoms with Crippen molar-refractivity contribution in [2.45, 2.75) is 11.9 Å². The minimum atomic E-state index is -4.61. The first-order valence-corrected chi connectivity index (χ1v) is 10.8. The summed E-state index contributed by atoms with van der Waals surface area (Å²) in [5.74, 6) is -0.357. The van der Waals surface area contributed by atoms with Crippen molar-refractivity contribution in [1.29, 1.82) is 0 Å². The van der Waals surface area contributed by atoms with Crippen LogP contribution in [-0.4, -0.2) is 17.0 Å². The van der Waals surface area contributed by atoms with Crippen LogP contribution in [0, 0.1) is 0 Å². The maximum Gasteiger partial charge on any atom is 0.417 e. The van der Waals surface area contributed by atoms with E-state index in [0.29, 0.717) is 5.56 Å². The number of fused-ring (bicyclic) bond motifs is 1. The number of halogens is 3. The number of aryl methyl sites for hydroxylation is 1. The van der Waals surface area contributed by atoms with Crippen LogP contribution in [0.25, 0.3) is 22.0 Å². The summed E-state index contributed by atoms with van der Waals surface area (Å²) >= 11 is 0. The zero-order chi connectivity index (χ0) is 22.4. The fraction of sp³-hybridized carbons (Fsp3) is 0.136. The molecule has 2 aromatic heterocycles. The summed E-state index contributed by atoms with van der Waals surface area (Å²) < 4.78 is 68.8. The lowest BCUT2D eigenvalue weighted by molar-refractivity contribution is -0.137. The summed E-state index contributed by atoms with van der Waals surface area (Å²) in [5, 5.41) is 0.136. The van der Waals surface area contributed by atoms with Gasteiger partial charge < -0.3 is 4.57 Å². The third-order valence-corrected chi connectivity index (χ3v) is 6.60. The quantitative estimate of drug-likeness (QED) is 0.467. The fourth-order valence-corrected chi connectivity index (χ4v) is 5.05. The van der Waals surface area contributed by atoms with Crippen molar-refractivity contribution in [3.63, 3.8) is 0 Å². The summed E-state index contributed by atoms with van der Waals surface area (Å²) in [4.78, 5) is 12.8. The summed E-state index contributed by atoms with van der Waals surface area (Å²) in [6.45, 7) is 0. The van der Waals surface area contributed by atoms with E-state index in [1.807, 2.05) is 0 Å². The van der Waals surface area contributed by atoms with Crippen molar-refractivity contribution < 1.29 is 21.6 Å². The molecule has 0 aliphatic rings. The van der Waals surface area contributed by atoms with Gasteiger partial charge in [-0.1, -0.05) is 48.5 Å². The summed E-state index contributed by atoms with van der Waals surface area (Å²) in [7, 11) is -2.61. The lowest BCUT2D eigenvalue weighted by Gasteiger charge is -2.15. The molecule has 31 heavy (non-hydrogen) atoms. The van der Waals surface area contributed by atoms with Gasteiger partial charge in [-0.25, -0.2) is 12.4 Å². The Balaban J connectivity index is 1.97. The first kappa shape index (κ1) is 20.9. The van der Waals surface area contributed by atoms with Gasteiger partial charge in [0.2, 0.25) is 10.0 Å². The Bertz CT molecular complexity index is 1440. The Kier molecular flexibility index (Phi) is 5.01. The van der Waals surface area contributed by atoms with E-state index in [0.717, 1.165) is 14.6 Å². The van der Waals surface area contributed by atoms with Gasteiger partial charge in [0.15, 0.2) is 0 Å². The molecule has 0 amide bonds. The molecule has 0 unspecified atom stereocenters. The topological polar surface area (TPSA) is 61.1 Å². The highest BCUT2D eigenvalue weighted by Gasteiger charge is 2.34. The van der Waals surface area contributed by atoms with Gasteiger partial charge in [-0.3, -0.25) is 4.79 Å². The molecular weight excluding hydrogens is 429 g/mol. The van der Waals surface area contributed by atoms with E-state index in [1.165, 1.54) is 43.7 Å². The first-order chi connectivity index (χ1) is 14.6. The van der Waals surface area contributed by atoms with E-state index < -0.39 is 27.3 Å². The number of benzene rings is 2. The van der Waals surface area contributed by atoms with Crippen LogP contribution in [0.2, 0.25) is 0 Å². The van der Waals surface area contributed by atoms with E-state index in [9.17, 15) is 26.4 Å². The van der Waals surface area contributed by atoms with Gasteiger partial charge in [0, 0.05) is 30.4 Å². The molecule has 4 rings (SSSR count). The largest absolute Gasteiger partial charge is 0.417 e. The molecule has 4 aromatic rings. The van der Waals surface area contributed by atoms with Crippen molar-refractivity contribution in [1.82, 2.24) is 8.54 Å². The Morgan fingerprint density at radius 3 is 2.23 bits per heavy atom. The molecule has 0 aliphatic heterocycles. The second-order valence-electron chi connectivity index (χ2n) is 7.12. The molecule has 2 aromatic carbocycles. The van der Waals surface area contributed by atoms with Crippen molar-refractivity contribution in [2.24, 2.45) is 7.05 Å². The maximum atomic E-state index is 13.6. The summed E-state index contributed by atoms with van der Waals surface area (Å²) in [6.07, 6.45) is -2.10. The normalized spacial score (nSPS) is 12.4. The van der Waals surface area contributed by atoms with Crippen molar-refractivity contribution in [2.75, 3.05) is 0 Å². The second-order valence-corrected chi connectivity index (χ2v) is 8.96. The van der Waals surface area contributed by atoms with Crippen LogP contribution < -0.4 is 5.56 Å². The minimum absolute atomic E-state index is 0.124. The summed E-state index contributed by atoms with van der Waals surface area (Å²) in [5.41, 5.74) is -1.15. The fourth-order valence-electron chi connectivity index (χ4n) is 3.60. The molecule has 0 radical (unpaired) electrons. The Labute approximate surface area is 176 Å². The van der Waals surface area contributed by atoms with Crippen molar-refractivity contribution in [3.8, 4) is 11.1 Å². The van der Waals surface area contributed by atoms with Gasteiger partial charge in [0.25, 0.3) is 5.56 Å². The molecule has 0 fully saturated rings. The van der Waals surface area contributed by atoms with Crippen LogP contribution in [0.3, 0.4) is 0 Å². The molecule has 0 aliphatic carbocycles. The van der Waals surface area contributed by atoms with Gasteiger partial charge in [0.05, 0.1) is 11.3 Å². The Morgan fingerprint density at radius 1 is 0.903 bits per heavy atom. The minimum Gasteiger partial charge on any atom is -0.316 e. The van der Waals surface area contributed by atoms with Gasteiger partial charge in [-0.2, -0.15) is 13.2 Å². The number of alkyl halides is 3. The van der Waals surface area contributed by atoms with E-state index in [2.05, 4.69) is 0 Å². The zero-order valence-electron chi connectivity index (χ0n) is 16.3. The summed E-state index contributed by atoms with van der Waals surface area (Å²) in [6, 6.07) is 14.8. The van der Waals surface area contributed by atoms with Gasteiger partial charge in [-0.05, 0) is 23.3 Å². The van der Waals surface area contributed by atoms with Crippen LogP contribution in [0.5, 0.6) is 0 Å². The number of pyridine rings is 1. The third-order valence-electron chi connectivity index (χ3n) is 5.00. The molecule has 0 saturated carbocycles. The molecule has 0 spiro atoms. The van der Waals surface area contributed by atoms with Crippen LogP contribution >= 0.6 is 0 Å². The average Bonchev–Trinajstić information content (AvgIpc) is 3.17. The molecule has 160 valence electrons. The molecule has 9 heteroatoms. The molecule has 0 N–H and O–H groups in total. The van der Waals surface area contributed by atoms with Crippen LogP contribution in [0.1, 0.15) is 11.1 Å². The van der Waals surface area contributed by atoms with Crippen molar-refractivity contribution >= 4 is 20.9 Å². The SMILES string of the molecule is Cn1cc(-c2ccccc2C(F)(F)F)c2ccn(S(=O)(=O)Cc3ccccc3)c2c1=O. The standard InChI is InChI=1S/C22H17F3N2O3S/c1-26-13-18(16-9-5-6-10-19(16)22(23,24)25)17-11-12-27(20(17)21(26)28)31(29,30)14-15-7-3-2-4-8-15/h2-13H,14H2,1H3. The van der Waals surface area contributed by atoms with Gasteiger partial charge in [0.1, 0.15) is 5.52 Å². The monoisotopic (exact) mass is 446 g/mol. The molecule has 2 heterocycles. The van der Waals surface area contributed by atoms with Crippen LogP contribution in [0.4, 0.5) is 13.2 Å². The highest BCUT2D eigenvalue weighted by molar-refractivity contribution is 7.89. The van der Waals surface area contributed by atoms with E-state index in [4.69, 9.17) is 0 Å².